The maximum Gasteiger partial charge on any atom is 1.00 e. The van der Waals surface area contributed by atoms with Gasteiger partial charge in [0.2, 0.25) is 5.91 Å². The van der Waals surface area contributed by atoms with E-state index in [0.29, 0.717) is 0 Å². The number of hydrogen-bond acceptors (Lipinski definition) is 4. The second-order valence-corrected chi connectivity index (χ2v) is 3.58. The molecular formula is C9H15N2NaO4. The largest absolute Gasteiger partial charge is 1.00 e. The Hall–Kier alpha value is -0.400. The molecule has 0 heterocycles. The molecule has 1 rings (SSSR count). The van der Waals surface area contributed by atoms with Gasteiger partial charge in [-0.1, -0.05) is 0 Å². The van der Waals surface area contributed by atoms with Gasteiger partial charge in [0, 0.05) is 18.5 Å². The molecule has 0 spiro atoms. The van der Waals surface area contributed by atoms with Crippen molar-refractivity contribution in [2.24, 2.45) is 5.73 Å². The number of amides is 1. The second kappa shape index (κ2) is 6.36. The van der Waals surface area contributed by atoms with Crippen LogP contribution in [0.1, 0.15) is 14.8 Å². The first-order chi connectivity index (χ1) is 6.91. The van der Waals surface area contributed by atoms with Crippen LogP contribution in [0.15, 0.2) is 11.6 Å². The van der Waals surface area contributed by atoms with Crippen LogP contribution in [0.5, 0.6) is 0 Å². The van der Waals surface area contributed by atoms with Crippen LogP contribution in [0.2, 0.25) is 0 Å². The number of nitrogens with two attached hydrogens (primary N) is 1. The zero-order valence-corrected chi connectivity index (χ0v) is 11.3. The molecule has 1 amide bonds. The van der Waals surface area contributed by atoms with Crippen LogP contribution < -0.4 is 40.6 Å². The fraction of sp³-hybridized carbons (Fsp3) is 0.556. The molecule has 5 N–H and O–H groups in total. The van der Waals surface area contributed by atoms with Gasteiger partial charge in [0.15, 0.2) is 0 Å². The summed E-state index contributed by atoms with van der Waals surface area (Å²) in [4.78, 5) is 21.5. The normalized spacial score (nSPS) is 28.7. The molecule has 0 fully saturated rings. The Labute approximate surface area is 117 Å². The van der Waals surface area contributed by atoms with Crippen LogP contribution in [0.25, 0.3) is 0 Å². The molecule has 1 aliphatic carbocycles. The molecule has 0 bridgehead atoms. The predicted molar refractivity (Wildman–Crippen MR) is 53.0 cm³/mol. The number of aliphatic hydroxyl groups is 1. The van der Waals surface area contributed by atoms with Crippen LogP contribution in [-0.2, 0) is 9.59 Å². The minimum absolute atomic E-state index is 0. The molecule has 7 heteroatoms. The molecule has 0 aromatic heterocycles. The van der Waals surface area contributed by atoms with E-state index < -0.39 is 24.2 Å². The Morgan fingerprint density at radius 3 is 2.56 bits per heavy atom. The van der Waals surface area contributed by atoms with Gasteiger partial charge in [-0.2, -0.15) is 0 Å². The van der Waals surface area contributed by atoms with E-state index in [1.54, 1.807) is 0 Å². The number of aliphatic carboxylic acids is 1. The number of carbonyl (C=O) groups excluding carboxylic acids is 1. The third-order valence-electron chi connectivity index (χ3n) is 2.30. The van der Waals surface area contributed by atoms with Gasteiger partial charge in [-0.15, -0.1) is 0 Å². The van der Waals surface area contributed by atoms with E-state index in [1.165, 1.54) is 13.0 Å². The first-order valence-electron chi connectivity index (χ1n) is 4.56. The summed E-state index contributed by atoms with van der Waals surface area (Å²) in [6.07, 6.45) is 0.299. The predicted octanol–water partition coefficient (Wildman–Crippen LogP) is -4.29. The maximum atomic E-state index is 10.8. The number of aliphatic hydroxyl groups excluding tert-OH is 1. The van der Waals surface area contributed by atoms with Crippen molar-refractivity contribution in [3.63, 3.8) is 0 Å². The minimum Gasteiger partial charge on any atom is -1.00 e. The van der Waals surface area contributed by atoms with E-state index in [0.717, 1.165) is 0 Å². The number of hydrogen-bond donors (Lipinski definition) is 4. The molecule has 16 heavy (non-hydrogen) atoms. The standard InChI is InChI=1S/C9H14N2O4.Na.H/c1-4(12)11-8-6(10)2-5(9(14)15)3-7(8)13;;/h3,6-8,13H,2,10H2,1H3,(H,11,12)(H,14,15);;/q;+1;-1. The van der Waals surface area contributed by atoms with Crippen molar-refractivity contribution >= 4 is 11.9 Å². The first-order valence-corrected chi connectivity index (χ1v) is 4.56. The fourth-order valence-electron chi connectivity index (χ4n) is 1.60. The van der Waals surface area contributed by atoms with Crippen molar-refractivity contribution in [3.05, 3.63) is 11.6 Å². The van der Waals surface area contributed by atoms with Gasteiger partial charge in [-0.25, -0.2) is 4.79 Å². The van der Waals surface area contributed by atoms with Gasteiger partial charge >= 0.3 is 35.5 Å². The third-order valence-corrected chi connectivity index (χ3v) is 2.30. The van der Waals surface area contributed by atoms with E-state index in [4.69, 9.17) is 10.8 Å². The molecule has 0 saturated heterocycles. The maximum absolute atomic E-state index is 10.8. The van der Waals surface area contributed by atoms with Crippen molar-refractivity contribution in [2.75, 3.05) is 0 Å². The van der Waals surface area contributed by atoms with Gasteiger partial charge in [0.05, 0.1) is 12.1 Å². The van der Waals surface area contributed by atoms with Crippen LogP contribution in [0.4, 0.5) is 0 Å². The average molecular weight is 238 g/mol. The molecule has 0 aromatic rings. The van der Waals surface area contributed by atoms with E-state index in [-0.39, 0.29) is 48.9 Å². The summed E-state index contributed by atoms with van der Waals surface area (Å²) in [5.41, 5.74) is 5.75. The van der Waals surface area contributed by atoms with Crippen molar-refractivity contribution in [2.45, 2.75) is 31.5 Å². The monoisotopic (exact) mass is 238 g/mol. The van der Waals surface area contributed by atoms with Crippen molar-refractivity contribution in [1.29, 1.82) is 0 Å². The molecule has 0 radical (unpaired) electrons. The van der Waals surface area contributed by atoms with Crippen molar-refractivity contribution in [3.8, 4) is 0 Å². The molecule has 0 aromatic carbocycles. The van der Waals surface area contributed by atoms with Gasteiger partial charge in [0.1, 0.15) is 0 Å². The summed E-state index contributed by atoms with van der Waals surface area (Å²) in [7, 11) is 0. The third kappa shape index (κ3) is 3.88. The Morgan fingerprint density at radius 2 is 2.19 bits per heavy atom. The molecular weight excluding hydrogens is 223 g/mol. The summed E-state index contributed by atoms with van der Waals surface area (Å²) in [5.74, 6) is -1.40. The molecule has 3 atom stereocenters. The zero-order valence-electron chi connectivity index (χ0n) is 10.3. The summed E-state index contributed by atoms with van der Waals surface area (Å²) in [6.45, 7) is 1.32. The number of carboxylic acids is 1. The van der Waals surface area contributed by atoms with E-state index >= 15 is 0 Å². The summed E-state index contributed by atoms with van der Waals surface area (Å²) >= 11 is 0. The van der Waals surface area contributed by atoms with Crippen LogP contribution >= 0.6 is 0 Å². The summed E-state index contributed by atoms with van der Waals surface area (Å²) in [5, 5.41) is 20.8. The second-order valence-electron chi connectivity index (χ2n) is 3.58. The molecule has 0 saturated carbocycles. The Bertz CT molecular complexity index is 324. The molecule has 1 aliphatic rings. The topological polar surface area (TPSA) is 113 Å². The smallest absolute Gasteiger partial charge is 1.00 e. The minimum atomic E-state index is -1.09. The Morgan fingerprint density at radius 1 is 1.62 bits per heavy atom. The van der Waals surface area contributed by atoms with Gasteiger partial charge in [0.25, 0.3) is 0 Å². The average Bonchev–Trinajstić information content (AvgIpc) is 2.10. The van der Waals surface area contributed by atoms with Crippen molar-refractivity contribution < 1.29 is 50.8 Å². The van der Waals surface area contributed by atoms with Gasteiger partial charge in [-0.3, -0.25) is 4.79 Å². The molecule has 6 nitrogen and oxygen atoms in total. The Balaban J connectivity index is 0. The van der Waals surface area contributed by atoms with Gasteiger partial charge < -0.3 is 22.7 Å². The Kier molecular flexibility index (Phi) is 6.20. The molecule has 86 valence electrons. The number of carbonyl (C=O) groups is 2. The number of carboxylic acid groups (broad SMARTS) is 1. The van der Waals surface area contributed by atoms with E-state index in [9.17, 15) is 14.7 Å². The zero-order chi connectivity index (χ0) is 11.6. The fourth-order valence-corrected chi connectivity index (χ4v) is 1.60. The summed E-state index contributed by atoms with van der Waals surface area (Å²) in [6, 6.07) is -1.20. The van der Waals surface area contributed by atoms with E-state index in [2.05, 4.69) is 5.32 Å². The number of rotatable bonds is 2. The SMILES string of the molecule is CC(=O)NC1C(O)C=C(C(=O)O)CC1N.[H-].[Na+]. The van der Waals surface area contributed by atoms with E-state index in [1.807, 2.05) is 0 Å². The molecule has 0 aliphatic heterocycles. The molecule has 3 unspecified atom stereocenters. The van der Waals surface area contributed by atoms with Crippen molar-refractivity contribution in [1.82, 2.24) is 5.32 Å². The van der Waals surface area contributed by atoms with Crippen LogP contribution in [-0.4, -0.2) is 40.3 Å². The van der Waals surface area contributed by atoms with Crippen LogP contribution in [0, 0.1) is 0 Å². The first kappa shape index (κ1) is 15.6. The number of nitrogens with one attached hydrogen (secondary N) is 1. The quantitative estimate of drug-likeness (QED) is 0.364. The van der Waals surface area contributed by atoms with Crippen LogP contribution in [0.3, 0.4) is 0 Å². The summed E-state index contributed by atoms with van der Waals surface area (Å²) < 4.78 is 0. The van der Waals surface area contributed by atoms with Gasteiger partial charge in [-0.05, 0) is 12.5 Å².